The van der Waals surface area contributed by atoms with Gasteiger partial charge in [-0.1, -0.05) is 66.7 Å². The smallest absolute Gasteiger partial charge is 0.186 e. The molecule has 0 radical (unpaired) electrons. The highest BCUT2D eigenvalue weighted by Gasteiger charge is 2.30. The molecule has 0 amide bonds. The molecule has 0 aliphatic heterocycles. The van der Waals surface area contributed by atoms with E-state index in [0.717, 1.165) is 11.1 Å². The molecule has 1 aliphatic carbocycles. The number of benzene rings is 2. The van der Waals surface area contributed by atoms with Crippen molar-refractivity contribution in [2.75, 3.05) is 0 Å². The summed E-state index contributed by atoms with van der Waals surface area (Å²) in [4.78, 5) is 12.1. The van der Waals surface area contributed by atoms with Crippen LogP contribution in [0.5, 0.6) is 0 Å². The number of carbonyl (C=O) groups is 1. The van der Waals surface area contributed by atoms with Crippen LogP contribution < -0.4 is 0 Å². The van der Waals surface area contributed by atoms with Crippen molar-refractivity contribution in [2.24, 2.45) is 0 Å². The Hall–Kier alpha value is -2.23. The van der Waals surface area contributed by atoms with Gasteiger partial charge in [-0.15, -0.1) is 0 Å². The summed E-state index contributed by atoms with van der Waals surface area (Å²) in [5.74, 6) is -0.0229. The SMILES string of the molecule is O=C1C=CCC(OCc2ccccc2)C1OCc1ccccc1. The molecule has 0 N–H and O–H groups in total. The van der Waals surface area contributed by atoms with Crippen LogP contribution in [0.15, 0.2) is 72.8 Å². The summed E-state index contributed by atoms with van der Waals surface area (Å²) >= 11 is 0. The number of hydrogen-bond donors (Lipinski definition) is 0. The molecule has 3 rings (SSSR count). The van der Waals surface area contributed by atoms with Crippen LogP contribution in [0.1, 0.15) is 17.5 Å². The van der Waals surface area contributed by atoms with E-state index in [2.05, 4.69) is 0 Å². The molecular weight excluding hydrogens is 288 g/mol. The first-order valence-corrected chi connectivity index (χ1v) is 7.84. The standard InChI is InChI=1S/C20H20O3/c21-18-12-7-13-19(22-14-16-8-3-1-4-9-16)20(18)23-15-17-10-5-2-6-11-17/h1-12,19-20H,13-15H2. The lowest BCUT2D eigenvalue weighted by Crippen LogP contribution is -2.39. The van der Waals surface area contributed by atoms with Crippen molar-refractivity contribution in [1.29, 1.82) is 0 Å². The summed E-state index contributed by atoms with van der Waals surface area (Å²) in [5.41, 5.74) is 2.15. The molecule has 23 heavy (non-hydrogen) atoms. The molecular formula is C20H20O3. The van der Waals surface area contributed by atoms with Crippen LogP contribution in [0, 0.1) is 0 Å². The fraction of sp³-hybridized carbons (Fsp3) is 0.250. The van der Waals surface area contributed by atoms with Crippen LogP contribution in [-0.2, 0) is 27.5 Å². The van der Waals surface area contributed by atoms with Gasteiger partial charge in [-0.25, -0.2) is 0 Å². The van der Waals surface area contributed by atoms with E-state index >= 15 is 0 Å². The number of hydrogen-bond acceptors (Lipinski definition) is 3. The van der Waals surface area contributed by atoms with Gasteiger partial charge >= 0.3 is 0 Å². The van der Waals surface area contributed by atoms with Crippen molar-refractivity contribution in [3.8, 4) is 0 Å². The monoisotopic (exact) mass is 308 g/mol. The van der Waals surface area contributed by atoms with E-state index in [1.807, 2.05) is 66.7 Å². The topological polar surface area (TPSA) is 35.5 Å². The van der Waals surface area contributed by atoms with E-state index in [4.69, 9.17) is 9.47 Å². The molecule has 2 unspecified atom stereocenters. The van der Waals surface area contributed by atoms with E-state index in [0.29, 0.717) is 19.6 Å². The maximum Gasteiger partial charge on any atom is 0.186 e. The molecule has 0 heterocycles. The Labute approximate surface area is 136 Å². The second kappa shape index (κ2) is 7.86. The minimum absolute atomic E-state index is 0.0229. The molecule has 2 atom stereocenters. The summed E-state index contributed by atoms with van der Waals surface area (Å²) in [6.45, 7) is 0.897. The molecule has 2 aromatic rings. The van der Waals surface area contributed by atoms with Crippen molar-refractivity contribution >= 4 is 5.78 Å². The average Bonchev–Trinajstić information content (AvgIpc) is 2.61. The Morgan fingerprint density at radius 2 is 1.39 bits per heavy atom. The van der Waals surface area contributed by atoms with E-state index in [1.54, 1.807) is 6.08 Å². The molecule has 3 nitrogen and oxygen atoms in total. The molecule has 1 aliphatic rings. The Bertz CT molecular complexity index is 649. The minimum Gasteiger partial charge on any atom is -0.370 e. The van der Waals surface area contributed by atoms with Crippen LogP contribution in [0.25, 0.3) is 0 Å². The molecule has 0 spiro atoms. The molecule has 118 valence electrons. The van der Waals surface area contributed by atoms with Gasteiger partial charge < -0.3 is 9.47 Å². The molecule has 0 aromatic heterocycles. The number of rotatable bonds is 6. The molecule has 0 saturated carbocycles. The zero-order chi connectivity index (χ0) is 15.9. The Kier molecular flexibility index (Phi) is 5.35. The van der Waals surface area contributed by atoms with Gasteiger partial charge in [0.15, 0.2) is 5.78 Å². The molecule has 0 saturated heterocycles. The van der Waals surface area contributed by atoms with Gasteiger partial charge in [0.25, 0.3) is 0 Å². The van der Waals surface area contributed by atoms with E-state index in [9.17, 15) is 4.79 Å². The number of ketones is 1. The molecule has 2 aromatic carbocycles. The maximum absolute atomic E-state index is 12.1. The van der Waals surface area contributed by atoms with Crippen molar-refractivity contribution in [1.82, 2.24) is 0 Å². The van der Waals surface area contributed by atoms with Gasteiger partial charge in [-0.2, -0.15) is 0 Å². The first-order chi connectivity index (χ1) is 11.3. The number of ether oxygens (including phenoxy) is 2. The summed E-state index contributed by atoms with van der Waals surface area (Å²) in [7, 11) is 0. The number of carbonyl (C=O) groups excluding carboxylic acids is 1. The second-order valence-corrected chi connectivity index (χ2v) is 5.59. The highest BCUT2D eigenvalue weighted by molar-refractivity contribution is 5.94. The largest absolute Gasteiger partial charge is 0.370 e. The van der Waals surface area contributed by atoms with Crippen LogP contribution in [0.3, 0.4) is 0 Å². The van der Waals surface area contributed by atoms with Gasteiger partial charge in [0.2, 0.25) is 0 Å². The van der Waals surface area contributed by atoms with Crippen molar-refractivity contribution < 1.29 is 14.3 Å². The van der Waals surface area contributed by atoms with Crippen LogP contribution >= 0.6 is 0 Å². The maximum atomic E-state index is 12.1. The van der Waals surface area contributed by atoms with Crippen molar-refractivity contribution in [3.05, 3.63) is 83.9 Å². The predicted octanol–water partition coefficient (Wildman–Crippen LogP) is 3.69. The second-order valence-electron chi connectivity index (χ2n) is 5.59. The third-order valence-corrected chi connectivity index (χ3v) is 3.85. The highest BCUT2D eigenvalue weighted by Crippen LogP contribution is 2.19. The molecule has 3 heteroatoms. The van der Waals surface area contributed by atoms with Gasteiger partial charge in [-0.05, 0) is 23.6 Å². The Balaban J connectivity index is 1.60. The average molecular weight is 308 g/mol. The fourth-order valence-corrected chi connectivity index (χ4v) is 2.60. The predicted molar refractivity (Wildman–Crippen MR) is 88.8 cm³/mol. The lowest BCUT2D eigenvalue weighted by atomic mass is 9.99. The van der Waals surface area contributed by atoms with Crippen LogP contribution in [-0.4, -0.2) is 18.0 Å². The highest BCUT2D eigenvalue weighted by atomic mass is 16.5. The van der Waals surface area contributed by atoms with Gasteiger partial charge in [0.05, 0.1) is 19.3 Å². The van der Waals surface area contributed by atoms with Gasteiger partial charge in [0, 0.05) is 0 Å². The van der Waals surface area contributed by atoms with Crippen LogP contribution in [0.4, 0.5) is 0 Å². The van der Waals surface area contributed by atoms with Crippen molar-refractivity contribution in [2.45, 2.75) is 31.8 Å². The fourth-order valence-electron chi connectivity index (χ4n) is 2.60. The summed E-state index contributed by atoms with van der Waals surface area (Å²) in [6.07, 6.45) is 3.37. The third-order valence-electron chi connectivity index (χ3n) is 3.85. The first-order valence-electron chi connectivity index (χ1n) is 7.84. The third kappa shape index (κ3) is 4.38. The van der Waals surface area contributed by atoms with E-state index in [-0.39, 0.29) is 11.9 Å². The Morgan fingerprint density at radius 3 is 2.00 bits per heavy atom. The lowest BCUT2D eigenvalue weighted by Gasteiger charge is -2.27. The lowest BCUT2D eigenvalue weighted by molar-refractivity contribution is -0.141. The summed E-state index contributed by atoms with van der Waals surface area (Å²) in [5, 5.41) is 0. The summed E-state index contributed by atoms with van der Waals surface area (Å²) in [6, 6.07) is 19.8. The Morgan fingerprint density at radius 1 is 0.826 bits per heavy atom. The van der Waals surface area contributed by atoms with Gasteiger partial charge in [-0.3, -0.25) is 4.79 Å². The molecule has 0 bridgehead atoms. The van der Waals surface area contributed by atoms with Crippen LogP contribution in [0.2, 0.25) is 0 Å². The van der Waals surface area contributed by atoms with E-state index in [1.165, 1.54) is 0 Å². The first kappa shape index (κ1) is 15.7. The van der Waals surface area contributed by atoms with Crippen molar-refractivity contribution in [3.63, 3.8) is 0 Å². The normalized spacial score (nSPS) is 20.6. The summed E-state index contributed by atoms with van der Waals surface area (Å²) < 4.78 is 11.8. The zero-order valence-corrected chi connectivity index (χ0v) is 12.9. The quantitative estimate of drug-likeness (QED) is 0.816. The van der Waals surface area contributed by atoms with E-state index < -0.39 is 6.10 Å². The zero-order valence-electron chi connectivity index (χ0n) is 12.9. The minimum atomic E-state index is -0.538. The van der Waals surface area contributed by atoms with Gasteiger partial charge in [0.1, 0.15) is 6.10 Å². The molecule has 0 fully saturated rings.